The lowest BCUT2D eigenvalue weighted by Gasteiger charge is -2.13. The van der Waals surface area contributed by atoms with Crippen LogP contribution in [-0.2, 0) is 0 Å². The smallest absolute Gasteiger partial charge is 0.261 e. The molecule has 4 rings (SSSR count). The Bertz CT molecular complexity index is 1280. The SMILES string of the molecule is [C-]#[N+]c1c(C(=O)N[C@@H](C)c2ccccc2)nn(-c2ccc(Cl)cc2Cl)c1-c1cccs1. The molecule has 2 aromatic heterocycles. The molecule has 8 heteroatoms. The average molecular weight is 467 g/mol. The van der Waals surface area contributed by atoms with E-state index >= 15 is 0 Å². The first kappa shape index (κ1) is 21.1. The molecule has 1 amide bonds. The van der Waals surface area contributed by atoms with Crippen LogP contribution in [0.15, 0.2) is 66.0 Å². The van der Waals surface area contributed by atoms with Gasteiger partial charge in [0.25, 0.3) is 5.91 Å². The largest absolute Gasteiger partial charge is 0.345 e. The summed E-state index contributed by atoms with van der Waals surface area (Å²) in [4.78, 5) is 17.6. The number of carbonyl (C=O) groups excluding carboxylic acids is 1. The summed E-state index contributed by atoms with van der Waals surface area (Å²) >= 11 is 13.9. The zero-order valence-corrected chi connectivity index (χ0v) is 18.7. The summed E-state index contributed by atoms with van der Waals surface area (Å²) in [5.41, 5.74) is 2.23. The Labute approximate surface area is 193 Å². The quantitative estimate of drug-likeness (QED) is 0.323. The molecule has 0 unspecified atom stereocenters. The number of aromatic nitrogens is 2. The second kappa shape index (κ2) is 8.94. The lowest BCUT2D eigenvalue weighted by Crippen LogP contribution is -2.27. The van der Waals surface area contributed by atoms with E-state index in [2.05, 4.69) is 15.3 Å². The van der Waals surface area contributed by atoms with Crippen molar-refractivity contribution in [3.63, 3.8) is 0 Å². The van der Waals surface area contributed by atoms with Gasteiger partial charge in [-0.3, -0.25) is 4.79 Å². The second-order valence-corrected chi connectivity index (χ2v) is 8.54. The van der Waals surface area contributed by atoms with Crippen LogP contribution in [0.2, 0.25) is 10.0 Å². The fraction of sp³-hybridized carbons (Fsp3) is 0.0870. The number of nitrogens with zero attached hydrogens (tertiary/aromatic N) is 3. The molecule has 4 aromatic rings. The Hall–Kier alpha value is -3.11. The van der Waals surface area contributed by atoms with E-state index in [1.54, 1.807) is 22.9 Å². The third-order valence-electron chi connectivity index (χ3n) is 4.73. The Morgan fingerprint density at radius 3 is 2.58 bits per heavy atom. The third kappa shape index (κ3) is 4.21. The van der Waals surface area contributed by atoms with Crippen molar-refractivity contribution in [2.75, 3.05) is 0 Å². The molecular formula is C23H16Cl2N4OS. The highest BCUT2D eigenvalue weighted by Gasteiger charge is 2.27. The van der Waals surface area contributed by atoms with Crippen LogP contribution in [0.3, 0.4) is 0 Å². The lowest BCUT2D eigenvalue weighted by atomic mass is 10.1. The first-order valence-corrected chi connectivity index (χ1v) is 11.0. The summed E-state index contributed by atoms with van der Waals surface area (Å²) in [6, 6.07) is 18.1. The van der Waals surface area contributed by atoms with Crippen LogP contribution in [-0.4, -0.2) is 15.7 Å². The van der Waals surface area contributed by atoms with Gasteiger partial charge in [-0.05, 0) is 42.1 Å². The highest BCUT2D eigenvalue weighted by atomic mass is 35.5. The molecule has 0 radical (unpaired) electrons. The Kier molecular flexibility index (Phi) is 6.10. The van der Waals surface area contributed by atoms with Gasteiger partial charge < -0.3 is 5.32 Å². The van der Waals surface area contributed by atoms with Gasteiger partial charge in [-0.2, -0.15) is 5.10 Å². The summed E-state index contributed by atoms with van der Waals surface area (Å²) in [7, 11) is 0. The monoisotopic (exact) mass is 466 g/mol. The Morgan fingerprint density at radius 1 is 1.16 bits per heavy atom. The summed E-state index contributed by atoms with van der Waals surface area (Å²) in [5, 5.41) is 10.2. The van der Waals surface area contributed by atoms with Gasteiger partial charge in [-0.15, -0.1) is 11.3 Å². The van der Waals surface area contributed by atoms with Crippen molar-refractivity contribution in [1.29, 1.82) is 0 Å². The molecule has 1 N–H and O–H groups in total. The highest BCUT2D eigenvalue weighted by molar-refractivity contribution is 7.13. The van der Waals surface area contributed by atoms with Crippen LogP contribution >= 0.6 is 34.5 Å². The molecule has 154 valence electrons. The van der Waals surface area contributed by atoms with E-state index < -0.39 is 5.91 Å². The first-order valence-electron chi connectivity index (χ1n) is 9.35. The molecule has 2 heterocycles. The van der Waals surface area contributed by atoms with Gasteiger partial charge in [-0.25, -0.2) is 9.53 Å². The zero-order valence-electron chi connectivity index (χ0n) is 16.3. The van der Waals surface area contributed by atoms with Crippen LogP contribution < -0.4 is 5.32 Å². The van der Waals surface area contributed by atoms with Gasteiger partial charge in [0.2, 0.25) is 5.69 Å². The van der Waals surface area contributed by atoms with Crippen molar-refractivity contribution in [3.8, 4) is 16.3 Å². The summed E-state index contributed by atoms with van der Waals surface area (Å²) in [6.07, 6.45) is 0. The average Bonchev–Trinajstić information content (AvgIpc) is 3.41. The van der Waals surface area contributed by atoms with E-state index in [0.29, 0.717) is 21.4 Å². The molecule has 0 saturated heterocycles. The van der Waals surface area contributed by atoms with Crippen molar-refractivity contribution in [3.05, 3.63) is 98.8 Å². The molecular weight excluding hydrogens is 451 g/mol. The van der Waals surface area contributed by atoms with Crippen molar-refractivity contribution in [2.45, 2.75) is 13.0 Å². The summed E-state index contributed by atoms with van der Waals surface area (Å²) < 4.78 is 1.54. The maximum Gasteiger partial charge on any atom is 0.261 e. The van der Waals surface area contributed by atoms with Crippen LogP contribution in [0, 0.1) is 6.57 Å². The molecule has 0 bridgehead atoms. The lowest BCUT2D eigenvalue weighted by molar-refractivity contribution is 0.0935. The van der Waals surface area contributed by atoms with Gasteiger partial charge in [0.15, 0.2) is 5.69 Å². The Balaban J connectivity index is 1.82. The molecule has 0 fully saturated rings. The number of thiophene rings is 1. The zero-order chi connectivity index (χ0) is 22.0. The molecule has 5 nitrogen and oxygen atoms in total. The van der Waals surface area contributed by atoms with Gasteiger partial charge in [0.1, 0.15) is 0 Å². The minimum absolute atomic E-state index is 0.0483. The predicted molar refractivity (Wildman–Crippen MR) is 125 cm³/mol. The summed E-state index contributed by atoms with van der Waals surface area (Å²) in [6.45, 7) is 9.66. The maximum absolute atomic E-state index is 13.1. The van der Waals surface area contributed by atoms with E-state index in [9.17, 15) is 4.79 Å². The van der Waals surface area contributed by atoms with Gasteiger partial charge in [0, 0.05) is 9.90 Å². The van der Waals surface area contributed by atoms with E-state index in [-0.39, 0.29) is 17.4 Å². The normalized spacial score (nSPS) is 11.7. The van der Waals surface area contributed by atoms with Crippen molar-refractivity contribution in [2.24, 2.45) is 0 Å². The molecule has 31 heavy (non-hydrogen) atoms. The second-order valence-electron chi connectivity index (χ2n) is 6.75. The summed E-state index contributed by atoms with van der Waals surface area (Å²) in [5.74, 6) is -0.427. The molecule has 0 aliphatic carbocycles. The maximum atomic E-state index is 13.1. The van der Waals surface area contributed by atoms with Crippen LogP contribution in [0.25, 0.3) is 21.1 Å². The van der Waals surface area contributed by atoms with E-state index in [0.717, 1.165) is 10.4 Å². The van der Waals surface area contributed by atoms with Crippen molar-refractivity contribution < 1.29 is 4.79 Å². The minimum Gasteiger partial charge on any atom is -0.345 e. The number of halogens is 2. The molecule has 1 atom stereocenters. The van der Waals surface area contributed by atoms with Crippen LogP contribution in [0.4, 0.5) is 5.69 Å². The highest BCUT2D eigenvalue weighted by Crippen LogP contribution is 2.39. The molecule has 0 aliphatic heterocycles. The fourth-order valence-corrected chi connectivity index (χ4v) is 4.46. The van der Waals surface area contributed by atoms with Gasteiger partial charge in [-0.1, -0.05) is 59.6 Å². The number of amides is 1. The van der Waals surface area contributed by atoms with Gasteiger partial charge >= 0.3 is 0 Å². The Morgan fingerprint density at radius 2 is 1.94 bits per heavy atom. The number of hydrogen-bond donors (Lipinski definition) is 1. The molecule has 0 spiro atoms. The number of hydrogen-bond acceptors (Lipinski definition) is 3. The number of benzene rings is 2. The van der Waals surface area contributed by atoms with E-state index in [1.165, 1.54) is 11.3 Å². The minimum atomic E-state index is -0.427. The number of rotatable bonds is 5. The number of carbonyl (C=O) groups is 1. The first-order chi connectivity index (χ1) is 15.0. The van der Waals surface area contributed by atoms with E-state index in [1.807, 2.05) is 54.8 Å². The molecule has 2 aromatic carbocycles. The number of nitrogens with one attached hydrogen (secondary N) is 1. The van der Waals surface area contributed by atoms with Crippen LogP contribution in [0.5, 0.6) is 0 Å². The van der Waals surface area contributed by atoms with Crippen molar-refractivity contribution >= 4 is 46.1 Å². The fourth-order valence-electron chi connectivity index (χ4n) is 3.22. The topological polar surface area (TPSA) is 51.3 Å². The van der Waals surface area contributed by atoms with E-state index in [4.69, 9.17) is 29.8 Å². The standard InChI is InChI=1S/C23H16Cl2N4OS/c1-14(15-7-4-3-5-8-15)27-23(30)21-20(26-2)22(19-9-6-12-31-19)29(28-21)18-11-10-16(24)13-17(18)25/h3-14H,1H3,(H,27,30)/t14-/m0/s1. The molecule has 0 aliphatic rings. The third-order valence-corrected chi connectivity index (χ3v) is 6.14. The van der Waals surface area contributed by atoms with Crippen molar-refractivity contribution in [1.82, 2.24) is 15.1 Å². The van der Waals surface area contributed by atoms with Crippen LogP contribution in [0.1, 0.15) is 29.0 Å². The predicted octanol–water partition coefficient (Wildman–Crippen LogP) is 6.95. The van der Waals surface area contributed by atoms with Gasteiger partial charge in [0.05, 0.1) is 29.0 Å². The molecule has 0 saturated carbocycles.